The minimum atomic E-state index is -5.25. The van der Waals surface area contributed by atoms with E-state index < -0.39 is 60.0 Å². The highest BCUT2D eigenvalue weighted by Gasteiger charge is 2.48. The van der Waals surface area contributed by atoms with E-state index in [1.54, 1.807) is 0 Å². The van der Waals surface area contributed by atoms with Gasteiger partial charge >= 0.3 is 11.7 Å². The molecule has 0 fully saturated rings. The number of hydrogen-bond acceptors (Lipinski definition) is 3. The lowest BCUT2D eigenvalue weighted by molar-refractivity contribution is -0.0893. The Bertz CT molecular complexity index is 911. The van der Waals surface area contributed by atoms with Crippen LogP contribution in [0.2, 0.25) is 0 Å². The molecule has 1 aliphatic rings. The topological polar surface area (TPSA) is 58.7 Å². The maximum atomic E-state index is 14.4. The van der Waals surface area contributed by atoms with Crippen molar-refractivity contribution in [2.45, 2.75) is 34.4 Å². The van der Waals surface area contributed by atoms with E-state index in [0.29, 0.717) is 10.8 Å². The maximum Gasteiger partial charge on any atom is 0.476 e. The molecule has 0 saturated carbocycles. The molecule has 3 atom stereocenters. The molecule has 0 N–H and O–H groups in total. The molecule has 0 aliphatic heterocycles. The summed E-state index contributed by atoms with van der Waals surface area (Å²) < 4.78 is 103. The minimum absolute atomic E-state index is 0.120. The van der Waals surface area contributed by atoms with Crippen LogP contribution in [0.15, 0.2) is 33.1 Å². The lowest BCUT2D eigenvalue weighted by Gasteiger charge is -2.33. The summed E-state index contributed by atoms with van der Waals surface area (Å²) in [5.41, 5.74) is -7.59. The average molecular weight is 501 g/mol. The lowest BCUT2D eigenvalue weighted by Crippen LogP contribution is -2.35. The minimum Gasteiger partial charge on any atom is -0.245 e. The molecule has 0 amide bonds. The van der Waals surface area contributed by atoms with E-state index in [-0.39, 0.29) is 6.08 Å². The van der Waals surface area contributed by atoms with Crippen molar-refractivity contribution in [3.8, 4) is 6.07 Å². The first-order valence-corrected chi connectivity index (χ1v) is 8.96. The molecule has 148 valence electrons. The maximum absolute atomic E-state index is 14.4. The molecule has 3 unspecified atom stereocenters. The monoisotopic (exact) mass is 499 g/mol. The number of halogens is 9. The van der Waals surface area contributed by atoms with Gasteiger partial charge in [0.2, 0.25) is 0 Å². The smallest absolute Gasteiger partial charge is 0.245 e. The summed E-state index contributed by atoms with van der Waals surface area (Å²) in [5.74, 6) is -1.46. The van der Waals surface area contributed by atoms with Gasteiger partial charge in [-0.25, -0.2) is 13.3 Å². The van der Waals surface area contributed by atoms with Crippen LogP contribution in [-0.4, -0.2) is 30.5 Å². The van der Waals surface area contributed by atoms with E-state index >= 15 is 0 Å². The molecule has 0 spiro atoms. The lowest BCUT2D eigenvalue weighted by atomic mass is 9.91. The van der Waals surface area contributed by atoms with E-state index in [4.69, 9.17) is 16.9 Å². The van der Waals surface area contributed by atoms with Crippen LogP contribution in [0, 0.1) is 11.3 Å². The number of nitrogens with zero attached hydrogens (tertiary/aromatic N) is 3. The fraction of sp³-hybridized carbons (Fsp3) is 0.385. The van der Waals surface area contributed by atoms with Gasteiger partial charge in [-0.15, -0.1) is 11.6 Å². The van der Waals surface area contributed by atoms with Crippen molar-refractivity contribution in [1.82, 2.24) is 9.78 Å². The van der Waals surface area contributed by atoms with Crippen molar-refractivity contribution in [2.24, 2.45) is 0 Å². The standard InChI is InChI=1S/C13H6BrClF7N3OS/c1-11(15)3-5(12(17,18)19)2-6(16)9(11)25-10(14)8(7(4-23)24-25)27(26)13(20,21)22/h2-3,9H,1H3. The van der Waals surface area contributed by atoms with Crippen LogP contribution in [0.1, 0.15) is 18.7 Å². The van der Waals surface area contributed by atoms with Gasteiger partial charge < -0.3 is 0 Å². The Hall–Kier alpha value is -1.39. The predicted octanol–water partition coefficient (Wildman–Crippen LogP) is 5.04. The molecule has 1 aliphatic carbocycles. The molecule has 2 rings (SSSR count). The Morgan fingerprint density at radius 2 is 1.93 bits per heavy atom. The molecule has 1 aromatic heterocycles. The highest BCUT2D eigenvalue weighted by molar-refractivity contribution is 9.10. The van der Waals surface area contributed by atoms with Gasteiger partial charge in [0.15, 0.2) is 16.5 Å². The van der Waals surface area contributed by atoms with Gasteiger partial charge in [0, 0.05) is 0 Å². The number of allylic oxidation sites excluding steroid dienone is 4. The predicted molar refractivity (Wildman–Crippen MR) is 83.7 cm³/mol. The molecule has 0 radical (unpaired) electrons. The zero-order chi connectivity index (χ0) is 20.9. The van der Waals surface area contributed by atoms with Gasteiger partial charge in [0.25, 0.3) is 0 Å². The summed E-state index contributed by atoms with van der Waals surface area (Å²) in [6, 6.07) is -0.539. The zero-order valence-electron chi connectivity index (χ0n) is 12.8. The van der Waals surface area contributed by atoms with Crippen LogP contribution in [0.25, 0.3) is 0 Å². The fourth-order valence-electron chi connectivity index (χ4n) is 2.36. The fourth-order valence-corrected chi connectivity index (χ4v) is 4.33. The summed E-state index contributed by atoms with van der Waals surface area (Å²) in [6.07, 6.45) is -4.32. The summed E-state index contributed by atoms with van der Waals surface area (Å²) in [5, 5.41) is 12.4. The summed E-state index contributed by atoms with van der Waals surface area (Å²) in [6.45, 7) is 0.984. The Labute approximate surface area is 162 Å². The third-order valence-corrected chi connectivity index (χ3v) is 5.93. The first kappa shape index (κ1) is 21.9. The van der Waals surface area contributed by atoms with E-state index in [2.05, 4.69) is 21.0 Å². The largest absolute Gasteiger partial charge is 0.476 e. The van der Waals surface area contributed by atoms with Gasteiger partial charge in [-0.3, -0.25) is 0 Å². The van der Waals surface area contributed by atoms with Gasteiger partial charge in [-0.05, 0) is 35.0 Å². The van der Waals surface area contributed by atoms with Crippen molar-refractivity contribution >= 4 is 38.3 Å². The first-order chi connectivity index (χ1) is 12.1. The van der Waals surface area contributed by atoms with Crippen molar-refractivity contribution in [2.75, 3.05) is 0 Å². The summed E-state index contributed by atoms with van der Waals surface area (Å²) >= 11 is 8.66. The molecule has 4 nitrogen and oxygen atoms in total. The highest BCUT2D eigenvalue weighted by Crippen LogP contribution is 2.47. The summed E-state index contributed by atoms with van der Waals surface area (Å²) in [7, 11) is -3.70. The second-order valence-corrected chi connectivity index (χ2v) is 8.39. The van der Waals surface area contributed by atoms with E-state index in [9.17, 15) is 34.9 Å². The van der Waals surface area contributed by atoms with Crippen LogP contribution in [0.4, 0.5) is 30.7 Å². The quantitative estimate of drug-likeness (QED) is 0.422. The Kier molecular flexibility index (Phi) is 5.59. The van der Waals surface area contributed by atoms with Gasteiger partial charge in [0.1, 0.15) is 27.4 Å². The van der Waals surface area contributed by atoms with Crippen LogP contribution >= 0.6 is 27.5 Å². The molecule has 1 heterocycles. The zero-order valence-corrected chi connectivity index (χ0v) is 16.0. The summed E-state index contributed by atoms with van der Waals surface area (Å²) in [4.78, 5) is -3.20. The SMILES string of the molecule is CC1(Cl)C=C(C(F)(F)F)C=C(F)C1n1nc(C#N)c(S(=O)C(F)(F)F)c1Br. The molecule has 0 bridgehead atoms. The van der Waals surface area contributed by atoms with Crippen molar-refractivity contribution in [3.05, 3.63) is 33.8 Å². The van der Waals surface area contributed by atoms with E-state index in [1.807, 2.05) is 0 Å². The number of hydrogen-bond donors (Lipinski definition) is 0. The van der Waals surface area contributed by atoms with Crippen molar-refractivity contribution in [1.29, 1.82) is 5.26 Å². The Balaban J connectivity index is 2.66. The third kappa shape index (κ3) is 4.07. The third-order valence-electron chi connectivity index (χ3n) is 3.41. The van der Waals surface area contributed by atoms with Crippen LogP contribution < -0.4 is 0 Å². The highest BCUT2D eigenvalue weighted by atomic mass is 79.9. The number of aromatic nitrogens is 2. The van der Waals surface area contributed by atoms with E-state index in [1.165, 1.54) is 6.07 Å². The molecular formula is C13H6BrClF7N3OS. The van der Waals surface area contributed by atoms with Crippen LogP contribution in [0.3, 0.4) is 0 Å². The molecule has 14 heteroatoms. The molecule has 1 aromatic rings. The van der Waals surface area contributed by atoms with E-state index in [0.717, 1.165) is 6.92 Å². The van der Waals surface area contributed by atoms with Crippen LogP contribution in [-0.2, 0) is 10.8 Å². The van der Waals surface area contributed by atoms with Crippen molar-refractivity contribution < 1.29 is 34.9 Å². The molecular weight excluding hydrogens is 495 g/mol. The van der Waals surface area contributed by atoms with Crippen LogP contribution in [0.5, 0.6) is 0 Å². The molecule has 0 aromatic carbocycles. The second kappa shape index (κ2) is 6.89. The first-order valence-electron chi connectivity index (χ1n) is 6.64. The molecule has 27 heavy (non-hydrogen) atoms. The second-order valence-electron chi connectivity index (χ2n) is 5.42. The van der Waals surface area contributed by atoms with Gasteiger partial charge in [-0.1, -0.05) is 0 Å². The average Bonchev–Trinajstić information content (AvgIpc) is 2.79. The molecule has 0 saturated heterocycles. The Morgan fingerprint density at radius 1 is 1.37 bits per heavy atom. The number of alkyl halides is 7. The van der Waals surface area contributed by atoms with Crippen molar-refractivity contribution in [3.63, 3.8) is 0 Å². The Morgan fingerprint density at radius 3 is 2.33 bits per heavy atom. The number of rotatable bonds is 2. The van der Waals surface area contributed by atoms with Gasteiger partial charge in [-0.2, -0.15) is 36.7 Å². The normalized spacial score (nSPS) is 24.9. The van der Waals surface area contributed by atoms with Gasteiger partial charge in [0.05, 0.1) is 10.4 Å². The number of nitriles is 1.